The molecular weight excluding hydrogens is 392 g/mol. The Kier molecular flexibility index (Phi) is 7.44. The minimum absolute atomic E-state index is 0.231. The van der Waals surface area contributed by atoms with Crippen molar-refractivity contribution >= 4 is 40.9 Å². The molecule has 1 unspecified atom stereocenters. The molecule has 9 heteroatoms. The van der Waals surface area contributed by atoms with E-state index < -0.39 is 18.0 Å². The zero-order valence-electron chi connectivity index (χ0n) is 15.3. The normalized spacial score (nSPS) is 16.3. The maximum absolute atomic E-state index is 12.5. The second-order valence-electron chi connectivity index (χ2n) is 5.57. The van der Waals surface area contributed by atoms with E-state index in [1.807, 2.05) is 0 Å². The van der Waals surface area contributed by atoms with E-state index in [9.17, 15) is 9.59 Å². The molecule has 0 saturated heterocycles. The maximum Gasteiger partial charge on any atom is 0.344 e. The molecule has 0 aliphatic carbocycles. The molecule has 146 valence electrons. The summed E-state index contributed by atoms with van der Waals surface area (Å²) in [7, 11) is 0. The summed E-state index contributed by atoms with van der Waals surface area (Å²) in [6.07, 6.45) is 0. The van der Waals surface area contributed by atoms with E-state index in [1.165, 1.54) is 0 Å². The van der Waals surface area contributed by atoms with Crippen molar-refractivity contribution in [2.45, 2.75) is 26.8 Å². The highest BCUT2D eigenvalue weighted by Gasteiger charge is 2.33. The highest BCUT2D eigenvalue weighted by Crippen LogP contribution is 2.35. The first-order chi connectivity index (χ1) is 12.9. The van der Waals surface area contributed by atoms with Crippen LogP contribution in [0.3, 0.4) is 0 Å². The van der Waals surface area contributed by atoms with Crippen molar-refractivity contribution in [1.82, 2.24) is 10.6 Å². The van der Waals surface area contributed by atoms with Crippen LogP contribution in [0.4, 0.5) is 0 Å². The van der Waals surface area contributed by atoms with E-state index >= 15 is 0 Å². The Balaban J connectivity index is 2.42. The number of allylic oxidation sites excluding steroid dienone is 1. The summed E-state index contributed by atoms with van der Waals surface area (Å²) in [6, 6.07) is 4.27. The van der Waals surface area contributed by atoms with E-state index in [-0.39, 0.29) is 19.8 Å². The Morgan fingerprint density at radius 3 is 2.59 bits per heavy atom. The summed E-state index contributed by atoms with van der Waals surface area (Å²) < 4.78 is 15.7. The minimum Gasteiger partial charge on any atom is -0.482 e. The molecule has 1 aliphatic heterocycles. The number of rotatable bonds is 7. The van der Waals surface area contributed by atoms with Gasteiger partial charge in [-0.2, -0.15) is 0 Å². The van der Waals surface area contributed by atoms with Crippen molar-refractivity contribution in [3.05, 3.63) is 40.1 Å². The molecule has 1 heterocycles. The van der Waals surface area contributed by atoms with Crippen LogP contribution in [0.25, 0.3) is 0 Å². The highest BCUT2D eigenvalue weighted by molar-refractivity contribution is 7.80. The monoisotopic (exact) mass is 412 g/mol. The Bertz CT molecular complexity index is 781. The molecule has 0 aromatic heterocycles. The summed E-state index contributed by atoms with van der Waals surface area (Å²) in [4.78, 5) is 24.1. The number of halogens is 1. The van der Waals surface area contributed by atoms with Crippen LogP contribution < -0.4 is 15.4 Å². The van der Waals surface area contributed by atoms with Gasteiger partial charge >= 0.3 is 11.9 Å². The number of carbonyl (C=O) groups is 2. The third-order valence-electron chi connectivity index (χ3n) is 3.70. The van der Waals surface area contributed by atoms with Gasteiger partial charge in [0, 0.05) is 16.3 Å². The second-order valence-corrected chi connectivity index (χ2v) is 6.41. The number of benzene rings is 1. The van der Waals surface area contributed by atoms with Gasteiger partial charge in [0.2, 0.25) is 0 Å². The zero-order chi connectivity index (χ0) is 20.0. The first-order valence-electron chi connectivity index (χ1n) is 8.40. The lowest BCUT2D eigenvalue weighted by Gasteiger charge is -2.30. The van der Waals surface area contributed by atoms with E-state index in [1.54, 1.807) is 39.0 Å². The van der Waals surface area contributed by atoms with Crippen LogP contribution in [0.5, 0.6) is 5.75 Å². The average molecular weight is 413 g/mol. The predicted molar refractivity (Wildman–Crippen MR) is 105 cm³/mol. The number of ether oxygens (including phenoxy) is 3. The summed E-state index contributed by atoms with van der Waals surface area (Å²) in [5.74, 6) is -0.604. The molecule has 1 aromatic rings. The van der Waals surface area contributed by atoms with Gasteiger partial charge in [-0.25, -0.2) is 9.59 Å². The Hall–Kier alpha value is -2.32. The maximum atomic E-state index is 12.5. The molecule has 0 saturated carbocycles. The van der Waals surface area contributed by atoms with Crippen LogP contribution in [0.1, 0.15) is 32.4 Å². The van der Waals surface area contributed by atoms with Crippen LogP contribution in [-0.2, 0) is 19.1 Å². The standard InChI is InChI=1S/C18H21ClN2O5S/c1-4-24-14(22)9-26-13-7-6-11(19)8-12(13)16-15(17(23)25-5-2)10(3)20-18(27)21-16/h6-8,16H,4-5,9H2,1-3H3,(H2,20,21,27). The number of carbonyl (C=O) groups excluding carboxylic acids is 2. The zero-order valence-corrected chi connectivity index (χ0v) is 16.8. The summed E-state index contributed by atoms with van der Waals surface area (Å²) >= 11 is 11.4. The number of hydrogen-bond donors (Lipinski definition) is 2. The van der Waals surface area contributed by atoms with E-state index in [4.69, 9.17) is 38.0 Å². The lowest BCUT2D eigenvalue weighted by Crippen LogP contribution is -2.45. The number of thiocarbonyl (C=S) groups is 1. The Morgan fingerprint density at radius 1 is 1.22 bits per heavy atom. The first kappa shape index (κ1) is 21.0. The fraction of sp³-hybridized carbons (Fsp3) is 0.389. The van der Waals surface area contributed by atoms with Gasteiger partial charge < -0.3 is 24.8 Å². The van der Waals surface area contributed by atoms with Gasteiger partial charge in [0.15, 0.2) is 11.7 Å². The van der Waals surface area contributed by atoms with Gasteiger partial charge in [-0.1, -0.05) is 11.6 Å². The molecular formula is C18H21ClN2O5S. The molecule has 2 N–H and O–H groups in total. The molecule has 27 heavy (non-hydrogen) atoms. The van der Waals surface area contributed by atoms with Crippen LogP contribution >= 0.6 is 23.8 Å². The van der Waals surface area contributed by atoms with Gasteiger partial charge in [0.05, 0.1) is 24.8 Å². The average Bonchev–Trinajstić information content (AvgIpc) is 2.60. The first-order valence-corrected chi connectivity index (χ1v) is 9.19. The molecule has 0 bridgehead atoms. The van der Waals surface area contributed by atoms with Gasteiger partial charge in [0.25, 0.3) is 0 Å². The summed E-state index contributed by atoms with van der Waals surface area (Å²) in [6.45, 7) is 5.39. The SMILES string of the molecule is CCOC(=O)COc1ccc(Cl)cc1C1NC(=S)NC(C)=C1C(=O)OCC. The fourth-order valence-electron chi connectivity index (χ4n) is 2.62. The minimum atomic E-state index is -0.645. The third kappa shape index (κ3) is 5.33. The highest BCUT2D eigenvalue weighted by atomic mass is 35.5. The molecule has 0 amide bonds. The number of hydrogen-bond acceptors (Lipinski definition) is 6. The van der Waals surface area contributed by atoms with Crippen molar-refractivity contribution in [2.24, 2.45) is 0 Å². The predicted octanol–water partition coefficient (Wildman–Crippen LogP) is 2.64. The van der Waals surface area contributed by atoms with Gasteiger partial charge in [-0.05, 0) is 51.2 Å². The molecule has 0 radical (unpaired) electrons. The van der Waals surface area contributed by atoms with Gasteiger partial charge in [0.1, 0.15) is 5.75 Å². The van der Waals surface area contributed by atoms with Crippen molar-refractivity contribution in [2.75, 3.05) is 19.8 Å². The fourth-order valence-corrected chi connectivity index (χ4v) is 3.07. The molecule has 7 nitrogen and oxygen atoms in total. The number of esters is 2. The van der Waals surface area contributed by atoms with Crippen molar-refractivity contribution in [3.8, 4) is 5.75 Å². The molecule has 0 spiro atoms. The topological polar surface area (TPSA) is 85.9 Å². The Morgan fingerprint density at radius 2 is 1.93 bits per heavy atom. The van der Waals surface area contributed by atoms with Crippen molar-refractivity contribution in [3.63, 3.8) is 0 Å². The quantitative estimate of drug-likeness (QED) is 0.522. The Labute approximate surface area is 168 Å². The van der Waals surface area contributed by atoms with Crippen LogP contribution in [-0.4, -0.2) is 36.9 Å². The smallest absolute Gasteiger partial charge is 0.344 e. The molecule has 1 aliphatic rings. The lowest BCUT2D eigenvalue weighted by atomic mass is 9.95. The van der Waals surface area contributed by atoms with Crippen LogP contribution in [0.2, 0.25) is 5.02 Å². The molecule has 0 fully saturated rings. The van der Waals surface area contributed by atoms with Crippen LogP contribution in [0, 0.1) is 0 Å². The number of nitrogens with one attached hydrogen (secondary N) is 2. The summed E-state index contributed by atoms with van der Waals surface area (Å²) in [5.41, 5.74) is 1.48. The molecule has 1 atom stereocenters. The third-order valence-corrected chi connectivity index (χ3v) is 4.15. The molecule has 2 rings (SSSR count). The largest absolute Gasteiger partial charge is 0.482 e. The van der Waals surface area contributed by atoms with E-state index in [0.717, 1.165) is 0 Å². The lowest BCUT2D eigenvalue weighted by molar-refractivity contribution is -0.145. The van der Waals surface area contributed by atoms with E-state index in [2.05, 4.69) is 10.6 Å². The molecule has 1 aromatic carbocycles. The van der Waals surface area contributed by atoms with E-state index in [0.29, 0.717) is 32.7 Å². The second kappa shape index (κ2) is 9.57. The van der Waals surface area contributed by atoms with Crippen LogP contribution in [0.15, 0.2) is 29.5 Å². The van der Waals surface area contributed by atoms with Gasteiger partial charge in [-0.3, -0.25) is 0 Å². The summed E-state index contributed by atoms with van der Waals surface area (Å²) in [5, 5.41) is 6.75. The van der Waals surface area contributed by atoms with Crippen molar-refractivity contribution < 1.29 is 23.8 Å². The van der Waals surface area contributed by atoms with Crippen molar-refractivity contribution in [1.29, 1.82) is 0 Å². The van der Waals surface area contributed by atoms with Gasteiger partial charge in [-0.15, -0.1) is 0 Å².